The van der Waals surface area contributed by atoms with Gasteiger partial charge in [-0.05, 0) is 31.2 Å². The van der Waals surface area contributed by atoms with Gasteiger partial charge in [-0.1, -0.05) is 12.1 Å². The summed E-state index contributed by atoms with van der Waals surface area (Å²) in [6.07, 6.45) is 0. The summed E-state index contributed by atoms with van der Waals surface area (Å²) in [7, 11) is 0.353. The maximum Gasteiger partial charge on any atom is 0.291 e. The molecule has 0 aliphatic heterocycles. The summed E-state index contributed by atoms with van der Waals surface area (Å²) in [4.78, 5) is 12.6. The van der Waals surface area contributed by atoms with Gasteiger partial charge in [0.15, 0.2) is 17.2 Å². The van der Waals surface area contributed by atoms with Crippen molar-refractivity contribution in [2.75, 3.05) is 26.5 Å². The van der Waals surface area contributed by atoms with Crippen molar-refractivity contribution in [1.82, 2.24) is 4.31 Å². The van der Waals surface area contributed by atoms with Crippen LogP contribution in [0.4, 0.5) is 10.1 Å². The number of amides is 1. The fourth-order valence-electron chi connectivity index (χ4n) is 2.77. The number of halogens is 1. The number of methoxy groups -OCH3 is 1. The van der Waals surface area contributed by atoms with E-state index in [1.165, 1.54) is 51.5 Å². The number of hydrogen-bond donors (Lipinski definition) is 1. The number of ether oxygens (including phenoxy) is 1. The fourth-order valence-corrected chi connectivity index (χ4v) is 3.84. The van der Waals surface area contributed by atoms with Crippen LogP contribution in [0.1, 0.15) is 16.1 Å². The van der Waals surface area contributed by atoms with Crippen molar-refractivity contribution < 1.29 is 26.8 Å². The third kappa shape index (κ3) is 3.34. The van der Waals surface area contributed by atoms with Crippen LogP contribution < -0.4 is 10.1 Å². The number of furan rings is 1. The molecule has 1 aromatic heterocycles. The van der Waals surface area contributed by atoms with Gasteiger partial charge in [-0.15, -0.1) is 0 Å². The SMILES string of the molecule is COc1ccc(NC(=O)c2oc3c(F)cccc3c2C)cc1S(=O)(=O)N(C)C. The molecule has 1 N–H and O–H groups in total. The fraction of sp³-hybridized carbons (Fsp3) is 0.211. The molecule has 1 amide bonds. The lowest BCUT2D eigenvalue weighted by Gasteiger charge is -2.15. The van der Waals surface area contributed by atoms with Gasteiger partial charge >= 0.3 is 0 Å². The second kappa shape index (κ2) is 7.25. The summed E-state index contributed by atoms with van der Waals surface area (Å²) in [5, 5.41) is 3.08. The Morgan fingerprint density at radius 2 is 1.93 bits per heavy atom. The Bertz CT molecular complexity index is 1170. The highest BCUT2D eigenvalue weighted by atomic mass is 32.2. The van der Waals surface area contributed by atoms with Crippen LogP contribution in [0.3, 0.4) is 0 Å². The van der Waals surface area contributed by atoms with Crippen LogP contribution in [0.25, 0.3) is 11.0 Å². The van der Waals surface area contributed by atoms with E-state index in [9.17, 15) is 17.6 Å². The summed E-state index contributed by atoms with van der Waals surface area (Å²) < 4.78 is 50.5. The number of sulfonamides is 1. The first-order chi connectivity index (χ1) is 13.2. The van der Waals surface area contributed by atoms with Crippen LogP contribution in [-0.2, 0) is 10.0 Å². The van der Waals surface area contributed by atoms with Gasteiger partial charge < -0.3 is 14.5 Å². The van der Waals surface area contributed by atoms with E-state index in [1.807, 2.05) is 0 Å². The number of aryl methyl sites for hydroxylation is 1. The molecule has 3 rings (SSSR count). The van der Waals surface area contributed by atoms with E-state index in [4.69, 9.17) is 9.15 Å². The molecule has 148 valence electrons. The van der Waals surface area contributed by atoms with Crippen LogP contribution in [0.2, 0.25) is 0 Å². The summed E-state index contributed by atoms with van der Waals surface area (Å²) in [6, 6.07) is 8.67. The minimum absolute atomic E-state index is 0.00393. The highest BCUT2D eigenvalue weighted by Gasteiger charge is 2.24. The van der Waals surface area contributed by atoms with Crippen molar-refractivity contribution in [3.63, 3.8) is 0 Å². The van der Waals surface area contributed by atoms with Crippen LogP contribution in [0.5, 0.6) is 5.75 Å². The molecule has 0 aliphatic carbocycles. The highest BCUT2D eigenvalue weighted by Crippen LogP contribution is 2.31. The van der Waals surface area contributed by atoms with E-state index < -0.39 is 21.7 Å². The minimum Gasteiger partial charge on any atom is -0.495 e. The summed E-state index contributed by atoms with van der Waals surface area (Å²) in [6.45, 7) is 1.65. The first-order valence-corrected chi connectivity index (χ1v) is 9.70. The Morgan fingerprint density at radius 3 is 2.54 bits per heavy atom. The summed E-state index contributed by atoms with van der Waals surface area (Å²) >= 11 is 0. The van der Waals surface area contributed by atoms with Crippen LogP contribution in [-0.4, -0.2) is 39.8 Å². The number of nitrogens with zero attached hydrogens (tertiary/aromatic N) is 1. The van der Waals surface area contributed by atoms with Gasteiger partial charge in [0.2, 0.25) is 10.0 Å². The number of rotatable bonds is 5. The van der Waals surface area contributed by atoms with Crippen molar-refractivity contribution in [2.24, 2.45) is 0 Å². The molecule has 0 fully saturated rings. The monoisotopic (exact) mass is 406 g/mol. The topological polar surface area (TPSA) is 88.8 Å². The van der Waals surface area contributed by atoms with Gasteiger partial charge in [0.1, 0.15) is 10.6 Å². The first kappa shape index (κ1) is 19.8. The van der Waals surface area contributed by atoms with Gasteiger partial charge in [-0.25, -0.2) is 17.1 Å². The molecule has 1 heterocycles. The van der Waals surface area contributed by atoms with E-state index in [0.29, 0.717) is 10.9 Å². The number of para-hydroxylation sites is 1. The van der Waals surface area contributed by atoms with Gasteiger partial charge in [0, 0.05) is 30.7 Å². The number of nitrogens with one attached hydrogen (secondary N) is 1. The molecule has 3 aromatic rings. The van der Waals surface area contributed by atoms with Crippen LogP contribution in [0.15, 0.2) is 45.7 Å². The van der Waals surface area contributed by atoms with E-state index in [0.717, 1.165) is 4.31 Å². The maximum absolute atomic E-state index is 13.9. The number of carbonyl (C=O) groups excluding carboxylic acids is 1. The molecule has 0 saturated heterocycles. The van der Waals surface area contributed by atoms with Crippen LogP contribution >= 0.6 is 0 Å². The Morgan fingerprint density at radius 1 is 1.21 bits per heavy atom. The predicted molar refractivity (Wildman–Crippen MR) is 103 cm³/mol. The van der Waals surface area contributed by atoms with Crippen molar-refractivity contribution in [2.45, 2.75) is 11.8 Å². The second-order valence-corrected chi connectivity index (χ2v) is 8.40. The zero-order chi connectivity index (χ0) is 20.6. The lowest BCUT2D eigenvalue weighted by Crippen LogP contribution is -2.23. The number of hydrogen-bond acceptors (Lipinski definition) is 5. The summed E-state index contributed by atoms with van der Waals surface area (Å²) in [5.74, 6) is -1.09. The number of benzene rings is 2. The molecule has 0 atom stereocenters. The molecule has 2 aromatic carbocycles. The van der Waals surface area contributed by atoms with Crippen molar-refractivity contribution in [1.29, 1.82) is 0 Å². The van der Waals surface area contributed by atoms with Crippen LogP contribution in [0, 0.1) is 12.7 Å². The Hall–Kier alpha value is -2.91. The molecule has 0 spiro atoms. The van der Waals surface area contributed by atoms with Gasteiger partial charge in [0.25, 0.3) is 5.91 Å². The number of fused-ring (bicyclic) bond motifs is 1. The Kier molecular flexibility index (Phi) is 5.14. The lowest BCUT2D eigenvalue weighted by atomic mass is 10.1. The maximum atomic E-state index is 13.9. The minimum atomic E-state index is -3.79. The average molecular weight is 406 g/mol. The quantitative estimate of drug-likeness (QED) is 0.702. The zero-order valence-corrected chi connectivity index (χ0v) is 16.6. The third-order valence-corrected chi connectivity index (χ3v) is 6.14. The lowest BCUT2D eigenvalue weighted by molar-refractivity contribution is 0.0997. The predicted octanol–water partition coefficient (Wildman–Crippen LogP) is 3.39. The standard InChI is InChI=1S/C19H19FN2O5S/c1-11-13-6-5-7-14(20)18(13)27-17(11)19(23)21-12-8-9-15(26-4)16(10-12)28(24,25)22(2)3/h5-10H,1-4H3,(H,21,23). The highest BCUT2D eigenvalue weighted by molar-refractivity contribution is 7.89. The molecule has 0 bridgehead atoms. The second-order valence-electron chi connectivity index (χ2n) is 6.28. The molecular formula is C19H19FN2O5S. The third-order valence-electron chi connectivity index (χ3n) is 4.30. The van der Waals surface area contributed by atoms with Crippen molar-refractivity contribution in [3.05, 3.63) is 53.5 Å². The van der Waals surface area contributed by atoms with Gasteiger partial charge in [-0.2, -0.15) is 0 Å². The largest absolute Gasteiger partial charge is 0.495 e. The summed E-state index contributed by atoms with van der Waals surface area (Å²) in [5.41, 5.74) is 0.712. The molecule has 9 heteroatoms. The Labute approximate surface area is 161 Å². The molecule has 7 nitrogen and oxygen atoms in total. The van der Waals surface area contributed by atoms with E-state index >= 15 is 0 Å². The van der Waals surface area contributed by atoms with Crippen molar-refractivity contribution in [3.8, 4) is 5.75 Å². The molecular weight excluding hydrogens is 387 g/mol. The van der Waals surface area contributed by atoms with E-state index in [2.05, 4.69) is 5.32 Å². The number of carbonyl (C=O) groups is 1. The Balaban J connectivity index is 2.00. The molecule has 0 aliphatic rings. The smallest absolute Gasteiger partial charge is 0.291 e. The molecule has 28 heavy (non-hydrogen) atoms. The van der Waals surface area contributed by atoms with Gasteiger partial charge in [0.05, 0.1) is 7.11 Å². The van der Waals surface area contributed by atoms with Crippen molar-refractivity contribution >= 4 is 32.6 Å². The average Bonchev–Trinajstić information content (AvgIpc) is 3.00. The normalized spacial score (nSPS) is 11.8. The van der Waals surface area contributed by atoms with E-state index in [-0.39, 0.29) is 27.7 Å². The van der Waals surface area contributed by atoms with E-state index in [1.54, 1.807) is 13.0 Å². The molecule has 0 unspecified atom stereocenters. The zero-order valence-electron chi connectivity index (χ0n) is 15.7. The number of anilines is 1. The molecule has 0 radical (unpaired) electrons. The first-order valence-electron chi connectivity index (χ1n) is 8.26. The van der Waals surface area contributed by atoms with Gasteiger partial charge in [-0.3, -0.25) is 4.79 Å². The molecule has 0 saturated carbocycles.